The van der Waals surface area contributed by atoms with E-state index in [2.05, 4.69) is 21.4 Å². The molecular formula is C31H27F3N4O2. The molecule has 0 spiro atoms. The van der Waals surface area contributed by atoms with Crippen molar-refractivity contribution in [2.45, 2.75) is 45.1 Å². The molecule has 2 heterocycles. The quantitative estimate of drug-likeness (QED) is 0.247. The number of nitriles is 1. The van der Waals surface area contributed by atoms with Crippen LogP contribution in [0.15, 0.2) is 42.6 Å². The number of fused-ring (bicyclic) bond motifs is 3. The van der Waals surface area contributed by atoms with Crippen molar-refractivity contribution >= 4 is 22.7 Å². The Kier molecular flexibility index (Phi) is 6.49. The van der Waals surface area contributed by atoms with Gasteiger partial charge in [0.15, 0.2) is 11.6 Å². The first-order chi connectivity index (χ1) is 19.2. The van der Waals surface area contributed by atoms with Gasteiger partial charge >= 0.3 is 5.97 Å². The molecule has 2 bridgehead atoms. The summed E-state index contributed by atoms with van der Waals surface area (Å²) in [4.78, 5) is 19.6. The molecule has 2 aliphatic rings. The Morgan fingerprint density at radius 1 is 1.15 bits per heavy atom. The molecule has 2 fully saturated rings. The van der Waals surface area contributed by atoms with Gasteiger partial charge in [-0.2, -0.15) is 5.26 Å². The van der Waals surface area contributed by atoms with Gasteiger partial charge in [0.05, 0.1) is 22.7 Å². The topological polar surface area (TPSA) is 102 Å². The number of aromatic nitrogens is 2. The summed E-state index contributed by atoms with van der Waals surface area (Å²) in [6.45, 7) is 1.89. The highest BCUT2D eigenvalue weighted by molar-refractivity contribution is 5.98. The van der Waals surface area contributed by atoms with Crippen molar-refractivity contribution in [2.24, 2.45) is 17.8 Å². The minimum Gasteiger partial charge on any atom is -0.481 e. The van der Waals surface area contributed by atoms with Crippen molar-refractivity contribution < 1.29 is 23.1 Å². The number of carbonyl (C=O) groups is 1. The molecule has 2 aromatic heterocycles. The van der Waals surface area contributed by atoms with Crippen LogP contribution in [0.25, 0.3) is 33.3 Å². The molecular weight excluding hydrogens is 517 g/mol. The van der Waals surface area contributed by atoms with Gasteiger partial charge in [-0.05, 0) is 49.7 Å². The van der Waals surface area contributed by atoms with Crippen molar-refractivity contribution in [1.82, 2.24) is 9.97 Å². The second-order valence-electron chi connectivity index (χ2n) is 11.0. The second-order valence-corrected chi connectivity index (χ2v) is 11.0. The van der Waals surface area contributed by atoms with Crippen molar-refractivity contribution in [3.05, 3.63) is 71.2 Å². The maximum atomic E-state index is 16.4. The Balaban J connectivity index is 1.57. The lowest BCUT2D eigenvalue weighted by Gasteiger charge is -2.44. The van der Waals surface area contributed by atoms with E-state index in [-0.39, 0.29) is 45.0 Å². The van der Waals surface area contributed by atoms with Gasteiger partial charge in [-0.1, -0.05) is 42.7 Å². The van der Waals surface area contributed by atoms with Gasteiger partial charge in [-0.15, -0.1) is 0 Å². The van der Waals surface area contributed by atoms with Crippen LogP contribution in [0, 0.1) is 53.5 Å². The molecule has 0 radical (unpaired) electrons. The number of nitrogens with one attached hydrogen (secondary N) is 2. The number of H-pyrrole nitrogens is 1. The molecule has 0 amide bonds. The van der Waals surface area contributed by atoms with Crippen LogP contribution in [0.3, 0.4) is 0 Å². The van der Waals surface area contributed by atoms with Crippen molar-refractivity contribution in [3.8, 4) is 28.5 Å². The van der Waals surface area contributed by atoms with E-state index in [4.69, 9.17) is 0 Å². The van der Waals surface area contributed by atoms with Gasteiger partial charge in [0.25, 0.3) is 0 Å². The van der Waals surface area contributed by atoms with E-state index < -0.39 is 35.4 Å². The molecule has 3 N–H and O–H groups in total. The summed E-state index contributed by atoms with van der Waals surface area (Å²) >= 11 is 0. The maximum absolute atomic E-state index is 16.4. The predicted octanol–water partition coefficient (Wildman–Crippen LogP) is 7.19. The average molecular weight is 545 g/mol. The van der Waals surface area contributed by atoms with Gasteiger partial charge in [-0.25, -0.2) is 18.2 Å². The van der Waals surface area contributed by atoms with E-state index >= 15 is 4.39 Å². The third kappa shape index (κ3) is 4.37. The number of hydrogen-bond acceptors (Lipinski definition) is 4. The summed E-state index contributed by atoms with van der Waals surface area (Å²) < 4.78 is 45.2. The van der Waals surface area contributed by atoms with Crippen LogP contribution < -0.4 is 5.32 Å². The molecule has 2 aliphatic carbocycles. The Hall–Kier alpha value is -4.32. The summed E-state index contributed by atoms with van der Waals surface area (Å²) in [5.74, 6) is -3.87. The van der Waals surface area contributed by atoms with Crippen LogP contribution in [0.5, 0.6) is 0 Å². The number of anilines is 1. The van der Waals surface area contributed by atoms with E-state index in [9.17, 15) is 23.9 Å². The summed E-state index contributed by atoms with van der Waals surface area (Å²) in [7, 11) is 0. The fourth-order valence-corrected chi connectivity index (χ4v) is 6.64. The van der Waals surface area contributed by atoms with Crippen molar-refractivity contribution in [2.75, 3.05) is 5.32 Å². The highest BCUT2D eigenvalue weighted by atomic mass is 19.1. The van der Waals surface area contributed by atoms with Crippen molar-refractivity contribution in [3.63, 3.8) is 0 Å². The molecule has 2 aromatic carbocycles. The van der Waals surface area contributed by atoms with E-state index in [0.29, 0.717) is 17.9 Å². The molecule has 0 saturated heterocycles. The fraction of sp³-hybridized carbons (Fsp3) is 0.323. The smallest absolute Gasteiger partial charge is 0.308 e. The second kappa shape index (κ2) is 10.0. The largest absolute Gasteiger partial charge is 0.481 e. The highest BCUT2D eigenvalue weighted by Crippen LogP contribution is 2.45. The van der Waals surface area contributed by atoms with E-state index in [1.807, 2.05) is 6.92 Å². The molecule has 6 rings (SSSR count). The number of carboxylic acid groups (broad SMARTS) is 1. The molecule has 40 heavy (non-hydrogen) atoms. The highest BCUT2D eigenvalue weighted by Gasteiger charge is 2.44. The summed E-state index contributed by atoms with van der Waals surface area (Å²) in [6, 6.07) is 10.4. The summed E-state index contributed by atoms with van der Waals surface area (Å²) in [6.07, 6.45) is 5.58. The Morgan fingerprint density at radius 2 is 1.93 bits per heavy atom. The van der Waals surface area contributed by atoms with Gasteiger partial charge in [0.1, 0.15) is 17.7 Å². The van der Waals surface area contributed by atoms with Crippen LogP contribution >= 0.6 is 0 Å². The number of carboxylic acids is 1. The van der Waals surface area contributed by atoms with E-state index in [0.717, 1.165) is 43.4 Å². The number of aromatic amines is 1. The van der Waals surface area contributed by atoms with Gasteiger partial charge in [0, 0.05) is 34.8 Å². The fourth-order valence-electron chi connectivity index (χ4n) is 6.64. The normalized spacial score (nSPS) is 22.2. The Bertz CT molecular complexity index is 1680. The molecule has 4 aromatic rings. The number of aliphatic carboxylic acids is 1. The van der Waals surface area contributed by atoms with Crippen LogP contribution in [-0.2, 0) is 4.79 Å². The standard InChI is InChI=1S/C31H27F3N4O2/c1-15-5-7-17(8-6-15)25-22(13-35)28(23-14-36-29-20(23)11-19(32)12-24(29)33)38-30(26(25)34)37-27-18-4-2-3-16(9-18)10-21(27)31(39)40/h5-8,11-12,14,16,18,21,27,36H,2-4,9-10H2,1H3,(H,37,38)(H,39,40). The van der Waals surface area contributed by atoms with Crippen molar-refractivity contribution in [1.29, 1.82) is 5.26 Å². The molecule has 6 nitrogen and oxygen atoms in total. The third-order valence-corrected chi connectivity index (χ3v) is 8.52. The number of hydrogen-bond donors (Lipinski definition) is 3. The Morgan fingerprint density at radius 3 is 2.65 bits per heavy atom. The van der Waals surface area contributed by atoms with Crippen LogP contribution in [-0.4, -0.2) is 27.1 Å². The molecule has 204 valence electrons. The van der Waals surface area contributed by atoms with E-state index in [1.165, 1.54) is 6.20 Å². The maximum Gasteiger partial charge on any atom is 0.308 e. The SMILES string of the molecule is Cc1ccc(-c2c(F)c(NC3C4CCCC(C4)CC3C(=O)O)nc(-c3c[nH]c4c(F)cc(F)cc34)c2C#N)cc1. The first-order valence-corrected chi connectivity index (χ1v) is 13.4. The zero-order valence-corrected chi connectivity index (χ0v) is 21.8. The first-order valence-electron chi connectivity index (χ1n) is 13.4. The molecule has 9 heteroatoms. The lowest BCUT2D eigenvalue weighted by atomic mass is 9.65. The monoisotopic (exact) mass is 544 g/mol. The number of aryl methyl sites for hydroxylation is 1. The molecule has 0 aliphatic heterocycles. The number of pyridine rings is 1. The first kappa shape index (κ1) is 25.9. The average Bonchev–Trinajstić information content (AvgIpc) is 3.35. The minimum atomic E-state index is -0.940. The van der Waals surface area contributed by atoms with Gasteiger partial charge in [-0.3, -0.25) is 4.79 Å². The van der Waals surface area contributed by atoms with Gasteiger partial charge in [0.2, 0.25) is 0 Å². The zero-order chi connectivity index (χ0) is 28.1. The third-order valence-electron chi connectivity index (χ3n) is 8.52. The predicted molar refractivity (Wildman–Crippen MR) is 145 cm³/mol. The number of nitrogens with zero attached hydrogens (tertiary/aromatic N) is 2. The summed E-state index contributed by atoms with van der Waals surface area (Å²) in [5.41, 5.74) is 1.58. The number of benzene rings is 2. The number of halogens is 3. The zero-order valence-electron chi connectivity index (χ0n) is 21.8. The lowest BCUT2D eigenvalue weighted by Crippen LogP contribution is -2.47. The Labute approximate surface area is 228 Å². The molecule has 2 saturated carbocycles. The molecule has 4 atom stereocenters. The van der Waals surface area contributed by atoms with E-state index in [1.54, 1.807) is 24.3 Å². The van der Waals surface area contributed by atoms with Crippen LogP contribution in [0.2, 0.25) is 0 Å². The molecule has 4 unspecified atom stereocenters. The minimum absolute atomic E-state index is 0.00886. The van der Waals surface area contributed by atoms with Crippen LogP contribution in [0.4, 0.5) is 19.0 Å². The summed E-state index contributed by atoms with van der Waals surface area (Å²) in [5, 5.41) is 23.6. The van der Waals surface area contributed by atoms with Gasteiger partial charge < -0.3 is 15.4 Å². The number of rotatable bonds is 5. The van der Waals surface area contributed by atoms with Crippen LogP contribution in [0.1, 0.15) is 43.2 Å². The lowest BCUT2D eigenvalue weighted by molar-refractivity contribution is -0.145.